The van der Waals surface area contributed by atoms with Crippen LogP contribution in [-0.2, 0) is 10.0 Å². The monoisotopic (exact) mass is 420 g/mol. The average molecular weight is 421 g/mol. The highest BCUT2D eigenvalue weighted by Gasteiger charge is 2.32. The molecule has 0 aliphatic heterocycles. The zero-order valence-electron chi connectivity index (χ0n) is 12.6. The van der Waals surface area contributed by atoms with Gasteiger partial charge in [-0.3, -0.25) is 0 Å². The van der Waals surface area contributed by atoms with Crippen LogP contribution in [0.15, 0.2) is 45.7 Å². The van der Waals surface area contributed by atoms with E-state index in [1.807, 2.05) is 0 Å². The molecule has 0 fully saturated rings. The quantitative estimate of drug-likeness (QED) is 0.621. The fourth-order valence-electron chi connectivity index (χ4n) is 2.26. The van der Waals surface area contributed by atoms with Crippen molar-refractivity contribution in [1.82, 2.24) is 4.98 Å². The molecule has 2 aromatic carbocycles. The Hall–Kier alpha value is -1.41. The highest BCUT2D eigenvalue weighted by Crippen LogP contribution is 2.42. The van der Waals surface area contributed by atoms with E-state index < -0.39 is 18.5 Å². The van der Waals surface area contributed by atoms with Gasteiger partial charge in [0.15, 0.2) is 11.5 Å². The molecule has 0 aliphatic carbocycles. The maximum Gasteiger partial charge on any atom is 0.299 e. The number of rotatable bonds is 4. The van der Waals surface area contributed by atoms with E-state index in [2.05, 4.69) is 4.98 Å². The zero-order valence-corrected chi connectivity index (χ0v) is 15.8. The summed E-state index contributed by atoms with van der Waals surface area (Å²) in [5.74, 6) is 0.401. The van der Waals surface area contributed by atoms with Crippen LogP contribution in [-0.4, -0.2) is 23.2 Å². The van der Waals surface area contributed by atoms with E-state index in [0.29, 0.717) is 21.1 Å². The molecular formula is C14H11Cl2N2O5PS. The fraction of sp³-hybridized carbons (Fsp3) is 0.0714. The van der Waals surface area contributed by atoms with Crippen LogP contribution in [0.1, 0.15) is 5.89 Å². The van der Waals surface area contributed by atoms with Gasteiger partial charge in [-0.05, 0) is 30.3 Å². The molecule has 1 aromatic heterocycles. The molecule has 0 bridgehead atoms. The summed E-state index contributed by atoms with van der Waals surface area (Å²) < 4.78 is 31.6. The van der Waals surface area contributed by atoms with Crippen LogP contribution in [0.5, 0.6) is 0 Å². The van der Waals surface area contributed by atoms with Gasteiger partial charge in [-0.1, -0.05) is 23.2 Å². The van der Waals surface area contributed by atoms with Crippen LogP contribution in [0.4, 0.5) is 5.69 Å². The number of fused-ring (bicyclic) bond motifs is 1. The summed E-state index contributed by atoms with van der Waals surface area (Å²) in [5.41, 5.74) is 0.844. The molecule has 1 heterocycles. The van der Waals surface area contributed by atoms with Gasteiger partial charge >= 0.3 is 0 Å². The number of oxazole rings is 1. The predicted octanol–water partition coefficient (Wildman–Crippen LogP) is 3.85. The Kier molecular flexibility index (Phi) is 4.94. The van der Waals surface area contributed by atoms with Crippen molar-refractivity contribution in [2.45, 2.75) is 11.8 Å². The molecule has 3 aromatic rings. The van der Waals surface area contributed by atoms with Crippen molar-refractivity contribution >= 4 is 58.5 Å². The number of hydrogen-bond acceptors (Lipinski definition) is 6. The van der Waals surface area contributed by atoms with Crippen LogP contribution >= 0.6 is 31.7 Å². The minimum Gasteiger partial charge on any atom is -0.441 e. The maximum atomic E-state index is 12.9. The first-order chi connectivity index (χ1) is 11.7. The maximum absolute atomic E-state index is 12.9. The molecule has 11 heteroatoms. The second-order valence-corrected chi connectivity index (χ2v) is 8.87. The summed E-state index contributed by atoms with van der Waals surface area (Å²) in [6.45, 7) is 1.65. The molecular weight excluding hydrogens is 410 g/mol. The lowest BCUT2D eigenvalue weighted by Crippen LogP contribution is -2.26. The second kappa shape index (κ2) is 6.72. The van der Waals surface area contributed by atoms with Gasteiger partial charge in [0.25, 0.3) is 18.5 Å². The first-order valence-electron chi connectivity index (χ1n) is 6.75. The smallest absolute Gasteiger partial charge is 0.299 e. The van der Waals surface area contributed by atoms with E-state index in [9.17, 15) is 18.2 Å². The molecule has 0 saturated heterocycles. The summed E-state index contributed by atoms with van der Waals surface area (Å²) in [7, 11) is -7.35. The number of anilines is 1. The SMILES string of the molecule is Cc1nc2ccc(N(P(O)O)S(=O)(=O)c3cc(Cl)cc(Cl)c3)cc2o1. The molecule has 0 radical (unpaired) electrons. The number of hydrogen-bond donors (Lipinski definition) is 2. The number of sulfonamides is 1. The molecule has 132 valence electrons. The second-order valence-electron chi connectivity index (χ2n) is 5.01. The van der Waals surface area contributed by atoms with Crippen LogP contribution in [0.3, 0.4) is 0 Å². The van der Waals surface area contributed by atoms with E-state index in [-0.39, 0.29) is 20.6 Å². The van der Waals surface area contributed by atoms with Gasteiger partial charge in [-0.15, -0.1) is 0 Å². The van der Waals surface area contributed by atoms with Crippen molar-refractivity contribution in [2.75, 3.05) is 4.08 Å². The molecule has 3 rings (SSSR count). The lowest BCUT2D eigenvalue weighted by Gasteiger charge is -2.24. The molecule has 2 N–H and O–H groups in total. The average Bonchev–Trinajstić information content (AvgIpc) is 2.85. The Labute approximate surface area is 154 Å². The third kappa shape index (κ3) is 3.60. The highest BCUT2D eigenvalue weighted by atomic mass is 35.5. The summed E-state index contributed by atoms with van der Waals surface area (Å²) in [4.78, 5) is 23.3. The lowest BCUT2D eigenvalue weighted by atomic mass is 10.3. The van der Waals surface area contributed by atoms with Crippen molar-refractivity contribution in [2.24, 2.45) is 0 Å². The molecule has 7 nitrogen and oxygen atoms in total. The topological polar surface area (TPSA) is 104 Å². The predicted molar refractivity (Wildman–Crippen MR) is 96.2 cm³/mol. The fourth-order valence-corrected chi connectivity index (χ4v) is 5.44. The molecule has 0 spiro atoms. The van der Waals surface area contributed by atoms with Crippen molar-refractivity contribution in [1.29, 1.82) is 0 Å². The van der Waals surface area contributed by atoms with Gasteiger partial charge < -0.3 is 14.2 Å². The standard InChI is InChI=1S/C14H11Cl2N2O5PS/c1-8-17-13-3-2-11(7-14(13)23-8)18(24(19)20)25(21,22)12-5-9(15)4-10(16)6-12/h2-7,19-20H,1H3. The van der Waals surface area contributed by atoms with Gasteiger partial charge in [-0.2, -0.15) is 4.08 Å². The zero-order chi connectivity index (χ0) is 18.4. The summed E-state index contributed by atoms with van der Waals surface area (Å²) in [6, 6.07) is 8.00. The van der Waals surface area contributed by atoms with E-state index in [0.717, 1.165) is 0 Å². The Morgan fingerprint density at radius 3 is 2.36 bits per heavy atom. The molecule has 0 unspecified atom stereocenters. The summed E-state index contributed by atoms with van der Waals surface area (Å²) in [6.07, 6.45) is 0. The number of halogens is 2. The van der Waals surface area contributed by atoms with Crippen molar-refractivity contribution in [3.63, 3.8) is 0 Å². The Morgan fingerprint density at radius 1 is 1.12 bits per heavy atom. The molecule has 25 heavy (non-hydrogen) atoms. The molecule has 0 aliphatic rings. The first kappa shape index (κ1) is 18.4. The number of aromatic nitrogens is 1. The van der Waals surface area contributed by atoms with E-state index in [1.165, 1.54) is 36.4 Å². The third-order valence-corrected chi connectivity index (χ3v) is 6.80. The Bertz CT molecular complexity index is 1030. The van der Waals surface area contributed by atoms with Crippen molar-refractivity contribution < 1.29 is 22.6 Å². The van der Waals surface area contributed by atoms with Crippen LogP contribution in [0.25, 0.3) is 11.1 Å². The molecule has 0 saturated carbocycles. The van der Waals surface area contributed by atoms with Gasteiger partial charge in [0.05, 0.1) is 10.6 Å². The normalized spacial score (nSPS) is 12.1. The van der Waals surface area contributed by atoms with Crippen molar-refractivity contribution in [3.05, 3.63) is 52.3 Å². The number of nitrogens with zero attached hydrogens (tertiary/aromatic N) is 2. The van der Waals surface area contributed by atoms with Gasteiger partial charge in [0.2, 0.25) is 0 Å². The minimum atomic E-state index is -4.33. The van der Waals surface area contributed by atoms with E-state index in [4.69, 9.17) is 27.6 Å². The van der Waals surface area contributed by atoms with Gasteiger partial charge in [0.1, 0.15) is 5.52 Å². The first-order valence-corrected chi connectivity index (χ1v) is 10.1. The van der Waals surface area contributed by atoms with E-state index in [1.54, 1.807) is 6.92 Å². The molecule has 0 amide bonds. The Morgan fingerprint density at radius 2 is 1.76 bits per heavy atom. The number of aryl methyl sites for hydroxylation is 1. The van der Waals surface area contributed by atoms with Crippen molar-refractivity contribution in [3.8, 4) is 0 Å². The van der Waals surface area contributed by atoms with Crippen LogP contribution in [0, 0.1) is 6.92 Å². The summed E-state index contributed by atoms with van der Waals surface area (Å²) >= 11 is 11.7. The number of benzene rings is 2. The van der Waals surface area contributed by atoms with Crippen LogP contribution in [0.2, 0.25) is 10.0 Å². The summed E-state index contributed by atoms with van der Waals surface area (Å²) in [5, 5.41) is 0.208. The van der Waals surface area contributed by atoms with Gasteiger partial charge in [0, 0.05) is 23.0 Å². The van der Waals surface area contributed by atoms with E-state index >= 15 is 0 Å². The molecule has 0 atom stereocenters. The largest absolute Gasteiger partial charge is 0.441 e. The van der Waals surface area contributed by atoms with Crippen LogP contribution < -0.4 is 4.08 Å². The minimum absolute atomic E-state index is 0.0101. The lowest BCUT2D eigenvalue weighted by molar-refractivity contribution is 0.483. The third-order valence-electron chi connectivity index (χ3n) is 3.22. The Balaban J connectivity index is 2.16. The van der Waals surface area contributed by atoms with Gasteiger partial charge in [-0.25, -0.2) is 13.4 Å². The highest BCUT2D eigenvalue weighted by molar-refractivity contribution is 7.98.